The number of ether oxygens (including phenoxy) is 1. The van der Waals surface area contributed by atoms with Gasteiger partial charge in [-0.1, -0.05) is 26.7 Å². The van der Waals surface area contributed by atoms with E-state index < -0.39 is 0 Å². The van der Waals surface area contributed by atoms with Crippen molar-refractivity contribution in [2.45, 2.75) is 45.5 Å². The number of methoxy groups -OCH3 is 1. The molecule has 0 spiro atoms. The van der Waals surface area contributed by atoms with Crippen LogP contribution in [0.1, 0.15) is 38.9 Å². The third-order valence-corrected chi connectivity index (χ3v) is 3.81. The van der Waals surface area contributed by atoms with Crippen LogP contribution in [0.2, 0.25) is 0 Å². The second-order valence-corrected chi connectivity index (χ2v) is 5.82. The smallest absolute Gasteiger partial charge is 0.124 e. The molecule has 110 valence electrons. The fraction of sp³-hybridized carbons (Fsp3) is 0.562. The summed E-state index contributed by atoms with van der Waals surface area (Å²) < 4.78 is 7.49. The Balaban J connectivity index is 2.17. The van der Waals surface area contributed by atoms with Crippen LogP contribution in [0.3, 0.4) is 0 Å². The monoisotopic (exact) mass is 294 g/mol. The molecule has 0 unspecified atom stereocenters. The lowest BCUT2D eigenvalue weighted by molar-refractivity contribution is 0.415. The summed E-state index contributed by atoms with van der Waals surface area (Å²) in [5.41, 5.74) is 2.11. The van der Waals surface area contributed by atoms with Crippen LogP contribution in [-0.4, -0.2) is 16.7 Å². The summed E-state index contributed by atoms with van der Waals surface area (Å²) in [6.07, 6.45) is 3.69. The van der Waals surface area contributed by atoms with Crippen molar-refractivity contribution in [1.82, 2.24) is 9.55 Å². The Labute approximate surface area is 125 Å². The Morgan fingerprint density at radius 2 is 2.10 bits per heavy atom. The van der Waals surface area contributed by atoms with Crippen LogP contribution >= 0.6 is 11.6 Å². The van der Waals surface area contributed by atoms with Gasteiger partial charge in [-0.2, -0.15) is 0 Å². The maximum atomic E-state index is 6.03. The minimum absolute atomic E-state index is 0.446. The Bertz CT molecular complexity index is 563. The van der Waals surface area contributed by atoms with E-state index in [1.165, 1.54) is 19.3 Å². The van der Waals surface area contributed by atoms with Crippen molar-refractivity contribution in [3.63, 3.8) is 0 Å². The molecule has 0 saturated heterocycles. The molecule has 0 aliphatic heterocycles. The van der Waals surface area contributed by atoms with Gasteiger partial charge in [-0.15, -0.1) is 11.6 Å². The van der Waals surface area contributed by atoms with Crippen molar-refractivity contribution in [2.24, 2.45) is 5.92 Å². The molecule has 0 atom stereocenters. The largest absolute Gasteiger partial charge is 0.497 e. The van der Waals surface area contributed by atoms with Crippen molar-refractivity contribution in [2.75, 3.05) is 7.11 Å². The van der Waals surface area contributed by atoms with E-state index in [2.05, 4.69) is 29.5 Å². The topological polar surface area (TPSA) is 27.1 Å². The molecule has 2 aromatic rings. The number of aryl methyl sites for hydroxylation is 1. The Kier molecular flexibility index (Phi) is 5.30. The Hall–Kier alpha value is -1.22. The fourth-order valence-electron chi connectivity index (χ4n) is 2.46. The SMILES string of the molecule is COc1ccc2c(c1)nc(CCl)n2CCCCC(C)C. The molecule has 1 heterocycles. The normalized spacial score (nSPS) is 11.4. The van der Waals surface area contributed by atoms with E-state index >= 15 is 0 Å². The number of rotatable bonds is 7. The molecule has 1 aromatic carbocycles. The molecule has 0 saturated carbocycles. The lowest BCUT2D eigenvalue weighted by Gasteiger charge is -2.09. The molecule has 0 aliphatic carbocycles. The van der Waals surface area contributed by atoms with Crippen molar-refractivity contribution in [1.29, 1.82) is 0 Å². The van der Waals surface area contributed by atoms with Gasteiger partial charge in [-0.3, -0.25) is 0 Å². The number of halogens is 1. The number of hydrogen-bond acceptors (Lipinski definition) is 2. The predicted molar refractivity (Wildman–Crippen MR) is 84.5 cm³/mol. The van der Waals surface area contributed by atoms with Gasteiger partial charge < -0.3 is 9.30 Å². The number of imidazole rings is 1. The first-order valence-electron chi connectivity index (χ1n) is 7.24. The summed E-state index contributed by atoms with van der Waals surface area (Å²) >= 11 is 6.03. The number of alkyl halides is 1. The van der Waals surface area contributed by atoms with Gasteiger partial charge in [0, 0.05) is 12.6 Å². The van der Waals surface area contributed by atoms with Crippen LogP contribution in [0.4, 0.5) is 0 Å². The minimum Gasteiger partial charge on any atom is -0.497 e. The Morgan fingerprint density at radius 1 is 1.30 bits per heavy atom. The first-order chi connectivity index (χ1) is 9.65. The number of aromatic nitrogens is 2. The molecule has 0 fully saturated rings. The molecule has 4 heteroatoms. The lowest BCUT2D eigenvalue weighted by atomic mass is 10.1. The van der Waals surface area contributed by atoms with Gasteiger partial charge in [0.2, 0.25) is 0 Å². The summed E-state index contributed by atoms with van der Waals surface area (Å²) in [7, 11) is 1.67. The average Bonchev–Trinajstić information content (AvgIpc) is 2.80. The molecule has 0 radical (unpaired) electrons. The van der Waals surface area contributed by atoms with Gasteiger partial charge in [-0.05, 0) is 24.5 Å². The highest BCUT2D eigenvalue weighted by Gasteiger charge is 2.10. The van der Waals surface area contributed by atoms with E-state index in [-0.39, 0.29) is 0 Å². The standard InChI is InChI=1S/C16H23ClN2O/c1-12(2)6-4-5-9-19-15-8-7-13(20-3)10-14(15)18-16(19)11-17/h7-8,10,12H,4-6,9,11H2,1-3H3. The first-order valence-corrected chi connectivity index (χ1v) is 7.78. The lowest BCUT2D eigenvalue weighted by Crippen LogP contribution is -2.03. The highest BCUT2D eigenvalue weighted by molar-refractivity contribution is 6.16. The van der Waals surface area contributed by atoms with Crippen molar-refractivity contribution in [3.8, 4) is 5.75 Å². The zero-order chi connectivity index (χ0) is 14.5. The van der Waals surface area contributed by atoms with Crippen LogP contribution in [0.15, 0.2) is 18.2 Å². The number of unbranched alkanes of at least 4 members (excludes halogenated alkanes) is 1. The minimum atomic E-state index is 0.446. The maximum Gasteiger partial charge on any atom is 0.124 e. The molecule has 0 N–H and O–H groups in total. The van der Waals surface area contributed by atoms with Gasteiger partial charge in [0.25, 0.3) is 0 Å². The van der Waals surface area contributed by atoms with Gasteiger partial charge in [0.05, 0.1) is 24.0 Å². The molecule has 3 nitrogen and oxygen atoms in total. The fourth-order valence-corrected chi connectivity index (χ4v) is 2.66. The van der Waals surface area contributed by atoms with Crippen molar-refractivity contribution in [3.05, 3.63) is 24.0 Å². The third kappa shape index (κ3) is 3.45. The van der Waals surface area contributed by atoms with Crippen LogP contribution in [0, 0.1) is 5.92 Å². The Morgan fingerprint density at radius 3 is 2.75 bits per heavy atom. The summed E-state index contributed by atoms with van der Waals surface area (Å²) in [5, 5.41) is 0. The summed E-state index contributed by atoms with van der Waals surface area (Å²) in [5.74, 6) is 3.00. The van der Waals surface area contributed by atoms with Gasteiger partial charge in [-0.25, -0.2) is 4.98 Å². The summed E-state index contributed by atoms with van der Waals surface area (Å²) in [6, 6.07) is 6.02. The van der Waals surface area contributed by atoms with Crippen LogP contribution < -0.4 is 4.74 Å². The third-order valence-electron chi connectivity index (χ3n) is 3.57. The highest BCUT2D eigenvalue weighted by Crippen LogP contribution is 2.23. The van der Waals surface area contributed by atoms with Crippen LogP contribution in [0.5, 0.6) is 5.75 Å². The number of fused-ring (bicyclic) bond motifs is 1. The summed E-state index contributed by atoms with van der Waals surface area (Å²) in [6.45, 7) is 5.52. The second-order valence-electron chi connectivity index (χ2n) is 5.56. The van der Waals surface area contributed by atoms with E-state index in [0.717, 1.165) is 35.1 Å². The van der Waals surface area contributed by atoms with Crippen molar-refractivity contribution >= 4 is 22.6 Å². The molecule has 0 amide bonds. The highest BCUT2D eigenvalue weighted by atomic mass is 35.5. The maximum absolute atomic E-state index is 6.03. The predicted octanol–water partition coefficient (Wildman–Crippen LogP) is 4.61. The summed E-state index contributed by atoms with van der Waals surface area (Å²) in [4.78, 5) is 4.60. The molecule has 2 rings (SSSR count). The van der Waals surface area contributed by atoms with Gasteiger partial charge >= 0.3 is 0 Å². The van der Waals surface area contributed by atoms with Crippen molar-refractivity contribution < 1.29 is 4.74 Å². The van der Waals surface area contributed by atoms with E-state index in [9.17, 15) is 0 Å². The molecule has 20 heavy (non-hydrogen) atoms. The van der Waals surface area contributed by atoms with E-state index in [1.54, 1.807) is 7.11 Å². The number of nitrogens with zero attached hydrogens (tertiary/aromatic N) is 2. The molecular weight excluding hydrogens is 272 g/mol. The van der Waals surface area contributed by atoms with E-state index in [4.69, 9.17) is 16.3 Å². The molecular formula is C16H23ClN2O. The molecule has 0 aliphatic rings. The average molecular weight is 295 g/mol. The quantitative estimate of drug-likeness (QED) is 0.551. The first kappa shape index (κ1) is 15.2. The van der Waals surface area contributed by atoms with Gasteiger partial charge in [0.1, 0.15) is 11.6 Å². The second kappa shape index (κ2) is 6.98. The number of hydrogen-bond donors (Lipinski definition) is 0. The molecule has 0 bridgehead atoms. The molecule has 1 aromatic heterocycles. The van der Waals surface area contributed by atoms with Crippen LogP contribution in [0.25, 0.3) is 11.0 Å². The van der Waals surface area contributed by atoms with Crippen LogP contribution in [-0.2, 0) is 12.4 Å². The van der Waals surface area contributed by atoms with Gasteiger partial charge in [0.15, 0.2) is 0 Å². The van der Waals surface area contributed by atoms with E-state index in [0.29, 0.717) is 5.88 Å². The zero-order valence-electron chi connectivity index (χ0n) is 12.5. The number of benzene rings is 1. The van der Waals surface area contributed by atoms with E-state index in [1.807, 2.05) is 12.1 Å². The zero-order valence-corrected chi connectivity index (χ0v) is 13.3.